The summed E-state index contributed by atoms with van der Waals surface area (Å²) in [5.41, 5.74) is 0. The zero-order valence-electron chi connectivity index (χ0n) is 7.56. The third-order valence-electron chi connectivity index (χ3n) is 1.71. The molecule has 0 aliphatic rings. The first-order valence-corrected chi connectivity index (χ1v) is 7.27. The third-order valence-corrected chi connectivity index (χ3v) is 5.35. The Morgan fingerprint density at radius 1 is 1.40 bits per heavy atom. The minimum atomic E-state index is 0.0497. The van der Waals surface area contributed by atoms with Crippen LogP contribution in [0, 0.1) is 0 Å². The predicted octanol–water partition coefficient (Wildman–Crippen LogP) is 2.63. The second kappa shape index (κ2) is 7.52. The van der Waals surface area contributed by atoms with Crippen molar-refractivity contribution in [3.05, 3.63) is 0 Å². The summed E-state index contributed by atoms with van der Waals surface area (Å²) in [6.07, 6.45) is 5.59. The first-order valence-electron chi connectivity index (χ1n) is 4.47. The van der Waals surface area contributed by atoms with Gasteiger partial charge in [0.25, 0.3) is 0 Å². The molecule has 0 saturated heterocycles. The first-order chi connectivity index (χ1) is 4.81. The molecule has 0 bridgehead atoms. The topological polar surface area (TPSA) is 0 Å². The zero-order chi connectivity index (χ0) is 7.82. The van der Waals surface area contributed by atoms with Crippen molar-refractivity contribution in [2.75, 3.05) is 0 Å². The van der Waals surface area contributed by atoms with Gasteiger partial charge in [0.15, 0.2) is 0 Å². The molecule has 0 aromatic carbocycles. The van der Waals surface area contributed by atoms with Gasteiger partial charge in [-0.1, -0.05) is 0 Å². The van der Waals surface area contributed by atoms with E-state index < -0.39 is 0 Å². The van der Waals surface area contributed by atoms with Crippen LogP contribution in [-0.4, -0.2) is 19.8 Å². The molecule has 0 saturated carbocycles. The summed E-state index contributed by atoms with van der Waals surface area (Å²) in [5, 5.41) is 0. The van der Waals surface area contributed by atoms with Crippen molar-refractivity contribution in [1.29, 1.82) is 0 Å². The standard InChI is InChI=1S/C9H20Ge/c1-4-6-7-9(3)10-8-5-2/h8-10H,4-7H2,1-3H3. The average molecular weight is 201 g/mol. The summed E-state index contributed by atoms with van der Waals surface area (Å²) in [6.45, 7) is 6.95. The Balaban J connectivity index is 3.24. The van der Waals surface area contributed by atoms with Gasteiger partial charge in [0, 0.05) is 0 Å². The van der Waals surface area contributed by atoms with Crippen LogP contribution < -0.4 is 0 Å². The van der Waals surface area contributed by atoms with Gasteiger partial charge in [0.1, 0.15) is 0 Å². The summed E-state index contributed by atoms with van der Waals surface area (Å²) in [4.78, 5) is 2.55. The summed E-state index contributed by atoms with van der Waals surface area (Å²) >= 11 is 0.0497. The summed E-state index contributed by atoms with van der Waals surface area (Å²) < 4.78 is 1.07. The number of unbranched alkanes of at least 4 members (excludes halogenated alkanes) is 1. The first kappa shape index (κ1) is 10.4. The van der Waals surface area contributed by atoms with Crippen LogP contribution in [0.25, 0.3) is 0 Å². The van der Waals surface area contributed by atoms with Gasteiger partial charge < -0.3 is 0 Å². The van der Waals surface area contributed by atoms with Crippen molar-refractivity contribution in [1.82, 2.24) is 0 Å². The van der Waals surface area contributed by atoms with Crippen LogP contribution in [0.2, 0.25) is 4.75 Å². The van der Waals surface area contributed by atoms with Gasteiger partial charge in [0.2, 0.25) is 0 Å². The van der Waals surface area contributed by atoms with Crippen LogP contribution in [0.3, 0.4) is 0 Å². The molecule has 1 heteroatoms. The van der Waals surface area contributed by atoms with Crippen molar-refractivity contribution in [2.45, 2.75) is 51.2 Å². The Labute approximate surface area is 71.4 Å². The third kappa shape index (κ3) is 6.53. The van der Waals surface area contributed by atoms with Gasteiger partial charge in [0.05, 0.1) is 0 Å². The van der Waals surface area contributed by atoms with Crippen molar-refractivity contribution in [3.63, 3.8) is 0 Å². The molecule has 0 amide bonds. The molecule has 0 heterocycles. The second-order valence-electron chi connectivity index (χ2n) is 2.96. The molecule has 0 spiro atoms. The molecular weight excluding hydrogens is 181 g/mol. The normalized spacial score (nSPS) is 14.3. The number of hydrogen-bond donors (Lipinski definition) is 0. The van der Waals surface area contributed by atoms with Crippen molar-refractivity contribution in [3.8, 4) is 0 Å². The monoisotopic (exact) mass is 202 g/mol. The van der Waals surface area contributed by atoms with E-state index in [0.717, 1.165) is 4.75 Å². The minimum absolute atomic E-state index is 0.0497. The van der Waals surface area contributed by atoms with Crippen LogP contribution in [0.1, 0.15) is 46.5 Å². The Bertz CT molecular complexity index is 86.7. The van der Waals surface area contributed by atoms with E-state index in [1.54, 1.807) is 0 Å². The van der Waals surface area contributed by atoms with Gasteiger partial charge in [-0.05, 0) is 0 Å². The molecule has 0 aliphatic carbocycles. The molecule has 60 valence electrons. The predicted molar refractivity (Wildman–Crippen MR) is 52.5 cm³/mol. The molecule has 10 heavy (non-hydrogen) atoms. The van der Waals surface area contributed by atoms with Crippen molar-refractivity contribution in [2.24, 2.45) is 0 Å². The Morgan fingerprint density at radius 3 is 2.60 bits per heavy atom. The van der Waals surface area contributed by atoms with E-state index in [1.807, 2.05) is 0 Å². The maximum absolute atomic E-state index is 2.55. The van der Waals surface area contributed by atoms with E-state index in [0.29, 0.717) is 0 Å². The molecular formula is C9H20Ge. The fourth-order valence-electron chi connectivity index (χ4n) is 0.991. The molecule has 0 radical (unpaired) electrons. The second-order valence-corrected chi connectivity index (χ2v) is 7.14. The molecule has 0 aromatic heterocycles. The zero-order valence-corrected chi connectivity index (χ0v) is 9.98. The van der Waals surface area contributed by atoms with E-state index in [1.165, 1.54) is 25.7 Å². The van der Waals surface area contributed by atoms with Gasteiger partial charge in [-0.25, -0.2) is 0 Å². The Kier molecular flexibility index (Phi) is 7.83. The molecule has 1 atom stereocenters. The van der Waals surface area contributed by atoms with Gasteiger partial charge in [-0.15, -0.1) is 0 Å². The molecule has 0 aliphatic heterocycles. The van der Waals surface area contributed by atoms with E-state index in [-0.39, 0.29) is 15.0 Å². The van der Waals surface area contributed by atoms with Gasteiger partial charge in [-0.3, -0.25) is 0 Å². The van der Waals surface area contributed by atoms with Crippen molar-refractivity contribution >= 4 is 19.8 Å². The Hall–Kier alpha value is 0.413. The quantitative estimate of drug-likeness (QED) is 0.599. The molecule has 0 fully saturated rings. The number of rotatable bonds is 5. The van der Waals surface area contributed by atoms with Crippen LogP contribution in [0.5, 0.6) is 0 Å². The molecule has 0 N–H and O–H groups in total. The average Bonchev–Trinajstić information content (AvgIpc) is 1.97. The van der Waals surface area contributed by atoms with Crippen LogP contribution >= 0.6 is 0 Å². The molecule has 0 aromatic rings. The van der Waals surface area contributed by atoms with Gasteiger partial charge in [-0.2, -0.15) is 0 Å². The molecule has 1 unspecified atom stereocenters. The van der Waals surface area contributed by atoms with Crippen molar-refractivity contribution < 1.29 is 0 Å². The fraction of sp³-hybridized carbons (Fsp3) is 0.889. The summed E-state index contributed by atoms with van der Waals surface area (Å²) in [7, 11) is 0. The molecule has 0 rings (SSSR count). The van der Waals surface area contributed by atoms with E-state index >= 15 is 0 Å². The van der Waals surface area contributed by atoms with Crippen LogP contribution in [-0.2, 0) is 0 Å². The summed E-state index contributed by atoms with van der Waals surface area (Å²) in [5.74, 6) is 0. The SMILES string of the molecule is CC[CH]=[GeH][CH](C)CCCC. The van der Waals surface area contributed by atoms with Crippen LogP contribution in [0.4, 0.5) is 0 Å². The van der Waals surface area contributed by atoms with E-state index in [2.05, 4.69) is 25.6 Å². The Morgan fingerprint density at radius 2 is 2.10 bits per heavy atom. The fourth-order valence-corrected chi connectivity index (χ4v) is 3.43. The van der Waals surface area contributed by atoms with Gasteiger partial charge >= 0.3 is 71.0 Å². The molecule has 0 nitrogen and oxygen atoms in total. The van der Waals surface area contributed by atoms with Crippen LogP contribution in [0.15, 0.2) is 0 Å². The van der Waals surface area contributed by atoms with E-state index in [9.17, 15) is 0 Å². The number of hydrogen-bond acceptors (Lipinski definition) is 0. The van der Waals surface area contributed by atoms with E-state index in [4.69, 9.17) is 0 Å². The summed E-state index contributed by atoms with van der Waals surface area (Å²) in [6, 6.07) is 0. The maximum atomic E-state index is 2.55.